The molecule has 1 N–H and O–H groups in total. The molecule has 0 unspecified atom stereocenters. The molecule has 0 atom stereocenters. The lowest BCUT2D eigenvalue weighted by atomic mass is 10.1. The minimum atomic E-state index is 0.0290. The molecule has 1 aromatic carbocycles. The Balaban J connectivity index is 1.70. The van der Waals surface area contributed by atoms with E-state index < -0.39 is 0 Å². The third-order valence-electron chi connectivity index (χ3n) is 5.32. The number of nitrogens with zero attached hydrogens (tertiary/aromatic N) is 2. The molecule has 0 radical (unpaired) electrons. The van der Waals surface area contributed by atoms with E-state index in [0.29, 0.717) is 11.8 Å². The molecule has 1 amide bonds. The first kappa shape index (κ1) is 19.0. The predicted octanol–water partition coefficient (Wildman–Crippen LogP) is 5.27. The molecule has 1 aliphatic carbocycles. The molecule has 1 aliphatic rings. The summed E-state index contributed by atoms with van der Waals surface area (Å²) in [6.07, 6.45) is 5.02. The molecule has 140 valence electrons. The van der Waals surface area contributed by atoms with Gasteiger partial charge in [0, 0.05) is 17.4 Å². The first-order valence-corrected chi connectivity index (χ1v) is 10.4. The number of nitrogens with one attached hydrogen (secondary N) is 1. The molecule has 4 nitrogen and oxygen atoms in total. The van der Waals surface area contributed by atoms with Crippen LogP contribution in [0.15, 0.2) is 17.3 Å². The highest BCUT2D eigenvalue weighted by molar-refractivity contribution is 7.99. The summed E-state index contributed by atoms with van der Waals surface area (Å²) in [4.78, 5) is 17.3. The minimum Gasteiger partial charge on any atom is -0.325 e. The Morgan fingerprint density at radius 1 is 1.15 bits per heavy atom. The van der Waals surface area contributed by atoms with Crippen molar-refractivity contribution < 1.29 is 4.79 Å². The molecule has 0 aliphatic heterocycles. The van der Waals surface area contributed by atoms with Gasteiger partial charge in [0.25, 0.3) is 0 Å². The minimum absolute atomic E-state index is 0.0290. The van der Waals surface area contributed by atoms with E-state index in [1.807, 2.05) is 13.8 Å². The highest BCUT2D eigenvalue weighted by atomic mass is 32.2. The number of amides is 1. The second kappa shape index (κ2) is 7.87. The largest absolute Gasteiger partial charge is 0.325 e. The van der Waals surface area contributed by atoms with E-state index in [4.69, 9.17) is 4.98 Å². The van der Waals surface area contributed by atoms with E-state index in [-0.39, 0.29) is 5.91 Å². The van der Waals surface area contributed by atoms with Crippen molar-refractivity contribution in [2.45, 2.75) is 71.5 Å². The standard InChI is InChI=1S/C21H29N3OS/c1-13-10-14(2)20(15(3)11-13)23-19(25)12-26-21-22-16(4)17(5)24(21)18-8-6-7-9-18/h10-11,18H,6-9,12H2,1-5H3,(H,23,25). The average molecular weight is 372 g/mol. The third-order valence-corrected chi connectivity index (χ3v) is 6.27. The predicted molar refractivity (Wildman–Crippen MR) is 109 cm³/mol. The number of hydrogen-bond acceptors (Lipinski definition) is 3. The van der Waals surface area contributed by atoms with E-state index in [9.17, 15) is 4.79 Å². The second-order valence-electron chi connectivity index (χ2n) is 7.48. The second-order valence-corrected chi connectivity index (χ2v) is 8.43. The highest BCUT2D eigenvalue weighted by Gasteiger charge is 2.23. The van der Waals surface area contributed by atoms with Crippen LogP contribution >= 0.6 is 11.8 Å². The monoisotopic (exact) mass is 371 g/mol. The van der Waals surface area contributed by atoms with Gasteiger partial charge in [-0.3, -0.25) is 4.79 Å². The van der Waals surface area contributed by atoms with Crippen LogP contribution in [0.2, 0.25) is 0 Å². The highest BCUT2D eigenvalue weighted by Crippen LogP contribution is 2.35. The number of carbonyl (C=O) groups is 1. The number of rotatable bonds is 5. The van der Waals surface area contributed by atoms with Gasteiger partial charge in [-0.1, -0.05) is 42.3 Å². The average Bonchev–Trinajstić information content (AvgIpc) is 3.18. The summed E-state index contributed by atoms with van der Waals surface area (Å²) < 4.78 is 2.36. The fraction of sp³-hybridized carbons (Fsp3) is 0.524. The third kappa shape index (κ3) is 3.98. The normalized spacial score (nSPS) is 14.8. The summed E-state index contributed by atoms with van der Waals surface area (Å²) in [7, 11) is 0. The van der Waals surface area contributed by atoms with Gasteiger partial charge in [0.05, 0.1) is 11.4 Å². The van der Waals surface area contributed by atoms with Crippen molar-refractivity contribution in [3.63, 3.8) is 0 Å². The summed E-state index contributed by atoms with van der Waals surface area (Å²) >= 11 is 1.55. The van der Waals surface area contributed by atoms with Gasteiger partial charge in [0.15, 0.2) is 5.16 Å². The zero-order valence-electron chi connectivity index (χ0n) is 16.5. The van der Waals surface area contributed by atoms with Crippen molar-refractivity contribution in [3.05, 3.63) is 40.2 Å². The maximum atomic E-state index is 12.5. The summed E-state index contributed by atoms with van der Waals surface area (Å²) in [6.45, 7) is 10.4. The van der Waals surface area contributed by atoms with Gasteiger partial charge in [-0.25, -0.2) is 4.98 Å². The van der Waals surface area contributed by atoms with Crippen LogP contribution < -0.4 is 5.32 Å². The zero-order chi connectivity index (χ0) is 18.8. The maximum absolute atomic E-state index is 12.5. The molecule has 5 heteroatoms. The van der Waals surface area contributed by atoms with E-state index >= 15 is 0 Å². The van der Waals surface area contributed by atoms with Crippen LogP contribution in [0.4, 0.5) is 5.69 Å². The molecular weight excluding hydrogens is 342 g/mol. The number of imidazole rings is 1. The van der Waals surface area contributed by atoms with E-state index in [1.54, 1.807) is 11.8 Å². The Morgan fingerprint density at radius 3 is 2.38 bits per heavy atom. The first-order chi connectivity index (χ1) is 12.4. The molecule has 1 heterocycles. The molecule has 0 spiro atoms. The molecule has 1 fully saturated rings. The van der Waals surface area contributed by atoms with Gasteiger partial charge in [0.1, 0.15) is 0 Å². The molecule has 26 heavy (non-hydrogen) atoms. The summed E-state index contributed by atoms with van der Waals surface area (Å²) in [5.41, 5.74) is 6.69. The number of hydrogen-bond donors (Lipinski definition) is 1. The van der Waals surface area contributed by atoms with E-state index in [2.05, 4.69) is 42.8 Å². The number of benzene rings is 1. The number of anilines is 1. The van der Waals surface area contributed by atoms with Crippen LogP contribution in [0.1, 0.15) is 59.8 Å². The van der Waals surface area contributed by atoms with Gasteiger partial charge in [-0.15, -0.1) is 0 Å². The van der Waals surface area contributed by atoms with E-state index in [1.165, 1.54) is 36.9 Å². The summed E-state index contributed by atoms with van der Waals surface area (Å²) in [5, 5.41) is 4.08. The Kier molecular flexibility index (Phi) is 5.76. The SMILES string of the molecule is Cc1cc(C)c(NC(=O)CSc2nc(C)c(C)n2C2CCCC2)c(C)c1. The molecule has 0 bridgehead atoms. The Morgan fingerprint density at radius 2 is 1.77 bits per heavy atom. The molecule has 0 saturated heterocycles. The zero-order valence-corrected chi connectivity index (χ0v) is 17.3. The Hall–Kier alpha value is -1.75. The lowest BCUT2D eigenvalue weighted by molar-refractivity contribution is -0.113. The van der Waals surface area contributed by atoms with Crippen LogP contribution in [0.3, 0.4) is 0 Å². The van der Waals surface area contributed by atoms with Gasteiger partial charge in [0.2, 0.25) is 5.91 Å². The van der Waals surface area contributed by atoms with Gasteiger partial charge >= 0.3 is 0 Å². The van der Waals surface area contributed by atoms with Crippen LogP contribution in [0.25, 0.3) is 0 Å². The number of carbonyl (C=O) groups excluding carboxylic acids is 1. The molecule has 1 saturated carbocycles. The molecule has 1 aromatic heterocycles. The van der Waals surface area contributed by atoms with Crippen molar-refractivity contribution >= 4 is 23.4 Å². The fourth-order valence-corrected chi connectivity index (χ4v) is 4.93. The summed E-state index contributed by atoms with van der Waals surface area (Å²) in [5.74, 6) is 0.413. The van der Waals surface area contributed by atoms with Crippen LogP contribution in [-0.4, -0.2) is 21.2 Å². The Labute approximate surface area is 160 Å². The van der Waals surface area contributed by atoms with E-state index in [0.717, 1.165) is 27.7 Å². The fourth-order valence-electron chi connectivity index (χ4n) is 3.97. The number of thioether (sulfide) groups is 1. The quantitative estimate of drug-likeness (QED) is 0.728. The van der Waals surface area contributed by atoms with Crippen molar-refractivity contribution in [1.29, 1.82) is 0 Å². The van der Waals surface area contributed by atoms with Gasteiger partial charge < -0.3 is 9.88 Å². The lowest BCUT2D eigenvalue weighted by Gasteiger charge is -2.17. The maximum Gasteiger partial charge on any atom is 0.234 e. The van der Waals surface area contributed by atoms with Crippen molar-refractivity contribution in [2.24, 2.45) is 0 Å². The number of aromatic nitrogens is 2. The van der Waals surface area contributed by atoms with Crippen LogP contribution in [-0.2, 0) is 4.79 Å². The lowest BCUT2D eigenvalue weighted by Crippen LogP contribution is -2.17. The van der Waals surface area contributed by atoms with Crippen molar-refractivity contribution in [1.82, 2.24) is 9.55 Å². The molecule has 3 rings (SSSR count). The van der Waals surface area contributed by atoms with Crippen molar-refractivity contribution in [2.75, 3.05) is 11.1 Å². The molecular formula is C21H29N3OS. The smallest absolute Gasteiger partial charge is 0.234 e. The topological polar surface area (TPSA) is 46.9 Å². The summed E-state index contributed by atoms with van der Waals surface area (Å²) in [6, 6.07) is 4.76. The van der Waals surface area contributed by atoms with Crippen LogP contribution in [0, 0.1) is 34.6 Å². The van der Waals surface area contributed by atoms with Crippen molar-refractivity contribution in [3.8, 4) is 0 Å². The van der Waals surface area contributed by atoms with Crippen LogP contribution in [0.5, 0.6) is 0 Å². The van der Waals surface area contributed by atoms with Gasteiger partial charge in [-0.05, 0) is 58.6 Å². The molecule has 2 aromatic rings. The van der Waals surface area contributed by atoms with Gasteiger partial charge in [-0.2, -0.15) is 0 Å². The first-order valence-electron chi connectivity index (χ1n) is 9.42. The Bertz CT molecular complexity index is 796. The number of aryl methyl sites for hydroxylation is 4.